The van der Waals surface area contributed by atoms with Gasteiger partial charge >= 0.3 is 0 Å². The maximum Gasteiger partial charge on any atom is 0.0947 e. The smallest absolute Gasteiger partial charge is 0.0947 e. The minimum atomic E-state index is 0.191. The van der Waals surface area contributed by atoms with E-state index in [0.717, 1.165) is 18.5 Å². The first-order valence-electron chi connectivity index (χ1n) is 4.22. The highest BCUT2D eigenvalue weighted by Gasteiger charge is 2.09. The molecule has 3 N–H and O–H groups in total. The number of nitrogens with two attached hydrogens (primary N) is 1. The maximum absolute atomic E-state index is 5.40. The molecule has 0 bridgehead atoms. The van der Waals surface area contributed by atoms with E-state index in [4.69, 9.17) is 5.84 Å². The summed E-state index contributed by atoms with van der Waals surface area (Å²) in [6.07, 6.45) is 5.90. The van der Waals surface area contributed by atoms with Crippen LogP contribution in [0.1, 0.15) is 31.5 Å². The maximum atomic E-state index is 5.40. The Balaban J connectivity index is 2.66. The topological polar surface area (TPSA) is 55.9 Å². The number of nitrogens with one attached hydrogen (secondary N) is 1. The van der Waals surface area contributed by atoms with Crippen LogP contribution < -0.4 is 11.3 Å². The summed E-state index contributed by atoms with van der Waals surface area (Å²) in [6, 6.07) is 0.191. The summed E-state index contributed by atoms with van der Waals surface area (Å²) < 4.78 is 1.93. The molecule has 0 aromatic carbocycles. The van der Waals surface area contributed by atoms with Crippen LogP contribution in [-0.4, -0.2) is 9.55 Å². The van der Waals surface area contributed by atoms with Gasteiger partial charge in [0.15, 0.2) is 0 Å². The summed E-state index contributed by atoms with van der Waals surface area (Å²) in [7, 11) is 1.95. The molecule has 1 unspecified atom stereocenters. The molecule has 0 spiro atoms. The average Bonchev–Trinajstić information content (AvgIpc) is 2.47. The highest BCUT2D eigenvalue weighted by molar-refractivity contribution is 5.02. The Morgan fingerprint density at radius 2 is 2.50 bits per heavy atom. The molecule has 0 saturated carbocycles. The predicted molar refractivity (Wildman–Crippen MR) is 48.2 cm³/mol. The molecule has 12 heavy (non-hydrogen) atoms. The second kappa shape index (κ2) is 4.23. The molecule has 1 heterocycles. The fourth-order valence-electron chi connectivity index (χ4n) is 1.22. The van der Waals surface area contributed by atoms with Crippen LogP contribution in [0, 0.1) is 0 Å². The third-order valence-electron chi connectivity index (χ3n) is 1.86. The molecule has 0 amide bonds. The number of aromatic nitrogens is 2. The third-order valence-corrected chi connectivity index (χ3v) is 1.86. The van der Waals surface area contributed by atoms with Crippen molar-refractivity contribution in [2.75, 3.05) is 0 Å². The van der Waals surface area contributed by atoms with E-state index in [-0.39, 0.29) is 6.04 Å². The molecule has 0 saturated heterocycles. The van der Waals surface area contributed by atoms with Gasteiger partial charge in [-0.3, -0.25) is 11.3 Å². The lowest BCUT2D eigenvalue weighted by Gasteiger charge is -2.11. The van der Waals surface area contributed by atoms with Gasteiger partial charge in [-0.05, 0) is 6.42 Å². The monoisotopic (exact) mass is 168 g/mol. The number of hydrogen-bond acceptors (Lipinski definition) is 3. The summed E-state index contributed by atoms with van der Waals surface area (Å²) in [6.45, 7) is 2.13. The van der Waals surface area contributed by atoms with Crippen molar-refractivity contribution in [1.82, 2.24) is 15.0 Å². The van der Waals surface area contributed by atoms with E-state index in [2.05, 4.69) is 17.3 Å². The van der Waals surface area contributed by atoms with Crippen molar-refractivity contribution in [2.24, 2.45) is 12.9 Å². The quantitative estimate of drug-likeness (QED) is 0.514. The van der Waals surface area contributed by atoms with E-state index in [1.54, 1.807) is 6.33 Å². The van der Waals surface area contributed by atoms with E-state index in [0.29, 0.717) is 0 Å². The van der Waals surface area contributed by atoms with Gasteiger partial charge in [-0.1, -0.05) is 13.3 Å². The van der Waals surface area contributed by atoms with Crippen LogP contribution in [0.5, 0.6) is 0 Å². The van der Waals surface area contributed by atoms with E-state index < -0.39 is 0 Å². The molecule has 0 fully saturated rings. The standard InChI is InChI=1S/C8H16N4/c1-3-4-7(11-9)8-5-12(2)6-10-8/h5-7,11H,3-4,9H2,1-2H3. The molecule has 0 aliphatic carbocycles. The second-order valence-electron chi connectivity index (χ2n) is 2.97. The van der Waals surface area contributed by atoms with Crippen LogP contribution in [0.3, 0.4) is 0 Å². The van der Waals surface area contributed by atoms with Gasteiger partial charge in [-0.2, -0.15) is 0 Å². The van der Waals surface area contributed by atoms with E-state index in [9.17, 15) is 0 Å². The number of nitrogens with zero attached hydrogens (tertiary/aromatic N) is 2. The fourth-order valence-corrected chi connectivity index (χ4v) is 1.22. The lowest BCUT2D eigenvalue weighted by molar-refractivity contribution is 0.500. The number of aryl methyl sites for hydroxylation is 1. The Morgan fingerprint density at radius 1 is 1.75 bits per heavy atom. The van der Waals surface area contributed by atoms with E-state index >= 15 is 0 Å². The minimum absolute atomic E-state index is 0.191. The van der Waals surface area contributed by atoms with E-state index in [1.807, 2.05) is 17.8 Å². The second-order valence-corrected chi connectivity index (χ2v) is 2.97. The Bertz CT molecular complexity index is 231. The van der Waals surface area contributed by atoms with Crippen LogP contribution >= 0.6 is 0 Å². The Hall–Kier alpha value is -0.870. The molecule has 0 aliphatic rings. The summed E-state index contributed by atoms with van der Waals surface area (Å²) in [4.78, 5) is 4.23. The number of imidazole rings is 1. The van der Waals surface area contributed by atoms with Gasteiger partial charge in [0.1, 0.15) is 0 Å². The van der Waals surface area contributed by atoms with Crippen LogP contribution in [-0.2, 0) is 7.05 Å². The zero-order chi connectivity index (χ0) is 8.97. The van der Waals surface area contributed by atoms with Crippen LogP contribution in [0.4, 0.5) is 0 Å². The van der Waals surface area contributed by atoms with Crippen molar-refractivity contribution in [3.05, 3.63) is 18.2 Å². The first-order chi connectivity index (χ1) is 5.77. The number of hydrogen-bond donors (Lipinski definition) is 2. The zero-order valence-corrected chi connectivity index (χ0v) is 7.62. The number of rotatable bonds is 4. The molecular weight excluding hydrogens is 152 g/mol. The molecule has 4 heteroatoms. The fraction of sp³-hybridized carbons (Fsp3) is 0.625. The van der Waals surface area contributed by atoms with Crippen molar-refractivity contribution in [2.45, 2.75) is 25.8 Å². The molecule has 0 aliphatic heterocycles. The number of hydrazine groups is 1. The average molecular weight is 168 g/mol. The molecule has 1 rings (SSSR count). The van der Waals surface area contributed by atoms with Crippen molar-refractivity contribution < 1.29 is 0 Å². The van der Waals surface area contributed by atoms with Crippen molar-refractivity contribution in [3.63, 3.8) is 0 Å². The molecule has 1 aromatic rings. The highest BCUT2D eigenvalue weighted by atomic mass is 15.2. The molecular formula is C8H16N4. The predicted octanol–water partition coefficient (Wildman–Crippen LogP) is 0.725. The van der Waals surface area contributed by atoms with Gasteiger partial charge in [-0.25, -0.2) is 4.98 Å². The first kappa shape index (κ1) is 9.22. The highest BCUT2D eigenvalue weighted by Crippen LogP contribution is 2.14. The SMILES string of the molecule is CCCC(NN)c1cn(C)cn1. The van der Waals surface area contributed by atoms with Gasteiger partial charge in [-0.15, -0.1) is 0 Å². The molecule has 68 valence electrons. The molecule has 0 radical (unpaired) electrons. The molecule has 1 atom stereocenters. The summed E-state index contributed by atoms with van der Waals surface area (Å²) in [5.41, 5.74) is 3.77. The molecule has 1 aromatic heterocycles. The summed E-state index contributed by atoms with van der Waals surface area (Å²) in [5, 5.41) is 0. The first-order valence-corrected chi connectivity index (χ1v) is 4.22. The summed E-state index contributed by atoms with van der Waals surface area (Å²) >= 11 is 0. The Morgan fingerprint density at radius 3 is 2.92 bits per heavy atom. The van der Waals surface area contributed by atoms with Gasteiger partial charge in [0.2, 0.25) is 0 Å². The molecule has 4 nitrogen and oxygen atoms in total. The van der Waals surface area contributed by atoms with Crippen molar-refractivity contribution in [1.29, 1.82) is 0 Å². The Labute approximate surface area is 72.8 Å². The van der Waals surface area contributed by atoms with Crippen LogP contribution in [0.15, 0.2) is 12.5 Å². The minimum Gasteiger partial charge on any atom is -0.340 e. The van der Waals surface area contributed by atoms with E-state index in [1.165, 1.54) is 0 Å². The largest absolute Gasteiger partial charge is 0.340 e. The normalized spacial score (nSPS) is 13.2. The van der Waals surface area contributed by atoms with Crippen molar-refractivity contribution in [3.8, 4) is 0 Å². The lowest BCUT2D eigenvalue weighted by Crippen LogP contribution is -2.28. The summed E-state index contributed by atoms with van der Waals surface area (Å²) in [5.74, 6) is 5.40. The third kappa shape index (κ3) is 2.06. The van der Waals surface area contributed by atoms with Crippen molar-refractivity contribution >= 4 is 0 Å². The van der Waals surface area contributed by atoms with Gasteiger partial charge in [0.25, 0.3) is 0 Å². The van der Waals surface area contributed by atoms with Gasteiger partial charge in [0, 0.05) is 13.2 Å². The lowest BCUT2D eigenvalue weighted by atomic mass is 10.1. The van der Waals surface area contributed by atoms with Crippen LogP contribution in [0.2, 0.25) is 0 Å². The zero-order valence-electron chi connectivity index (χ0n) is 7.62. The Kier molecular flexibility index (Phi) is 3.25. The van der Waals surface area contributed by atoms with Crippen LogP contribution in [0.25, 0.3) is 0 Å². The van der Waals surface area contributed by atoms with Gasteiger partial charge in [0.05, 0.1) is 18.1 Å². The van der Waals surface area contributed by atoms with Gasteiger partial charge < -0.3 is 4.57 Å².